The summed E-state index contributed by atoms with van der Waals surface area (Å²) in [6, 6.07) is 1.03. The Kier molecular flexibility index (Phi) is 8.62. The molecular weight excluding hydrogens is 432 g/mol. The second-order valence-electron chi connectivity index (χ2n) is 9.71. The van der Waals surface area contributed by atoms with Gasteiger partial charge in [0.25, 0.3) is 0 Å². The summed E-state index contributed by atoms with van der Waals surface area (Å²) in [7, 11) is 0. The molecule has 0 bridgehead atoms. The molecule has 1 amide bonds. The fourth-order valence-corrected chi connectivity index (χ4v) is 6.99. The van der Waals surface area contributed by atoms with Gasteiger partial charge in [-0.1, -0.05) is 24.4 Å². The van der Waals surface area contributed by atoms with Crippen molar-refractivity contribution in [2.75, 3.05) is 25.4 Å². The first-order valence-electron chi connectivity index (χ1n) is 12.2. The standard InChI is InChI=1S/C23H39ClN4O2S/c1-15-12-28(13-16(2)30-15)22-23(27-20-10-6-5-9-19(20)26-22)31-14-21(29)25-11-17-7-3-4-8-18(17)24/h15-16,19-20,22-23,26-27H,3-14H2,1-2H3,(H,25,29). The third-order valence-corrected chi connectivity index (χ3v) is 8.70. The molecule has 4 aliphatic rings. The van der Waals surface area contributed by atoms with Gasteiger partial charge in [-0.15, -0.1) is 11.8 Å². The van der Waals surface area contributed by atoms with Crippen LogP contribution in [0.2, 0.25) is 0 Å². The lowest BCUT2D eigenvalue weighted by molar-refractivity contribution is -0.118. The molecule has 3 fully saturated rings. The third-order valence-electron chi connectivity index (χ3n) is 7.06. The molecule has 4 rings (SSSR count). The fourth-order valence-electron chi connectivity index (χ4n) is 5.56. The highest BCUT2D eigenvalue weighted by atomic mass is 35.5. The van der Waals surface area contributed by atoms with Gasteiger partial charge in [-0.05, 0) is 57.9 Å². The van der Waals surface area contributed by atoms with Crippen LogP contribution in [0, 0.1) is 0 Å². The van der Waals surface area contributed by atoms with Gasteiger partial charge in [0, 0.05) is 36.8 Å². The molecule has 2 heterocycles. The first kappa shape index (κ1) is 23.8. The second-order valence-corrected chi connectivity index (χ2v) is 11.3. The van der Waals surface area contributed by atoms with Gasteiger partial charge in [-0.25, -0.2) is 0 Å². The van der Waals surface area contributed by atoms with Crippen molar-refractivity contribution in [2.24, 2.45) is 0 Å². The zero-order valence-electron chi connectivity index (χ0n) is 19.0. The van der Waals surface area contributed by atoms with Gasteiger partial charge in [0.1, 0.15) is 0 Å². The molecule has 0 aromatic heterocycles. The highest BCUT2D eigenvalue weighted by Crippen LogP contribution is 2.30. The van der Waals surface area contributed by atoms with Crippen molar-refractivity contribution in [3.05, 3.63) is 10.6 Å². The number of amides is 1. The molecule has 8 heteroatoms. The lowest BCUT2D eigenvalue weighted by atomic mass is 9.88. The van der Waals surface area contributed by atoms with Crippen molar-refractivity contribution < 1.29 is 9.53 Å². The van der Waals surface area contributed by atoms with E-state index in [2.05, 4.69) is 34.7 Å². The minimum Gasteiger partial charge on any atom is -0.373 e. The zero-order valence-corrected chi connectivity index (χ0v) is 20.6. The van der Waals surface area contributed by atoms with Gasteiger partial charge in [0.2, 0.25) is 5.91 Å². The number of fused-ring (bicyclic) bond motifs is 1. The lowest BCUT2D eigenvalue weighted by Crippen LogP contribution is -2.71. The predicted molar refractivity (Wildman–Crippen MR) is 128 cm³/mol. The molecular formula is C23H39ClN4O2S. The summed E-state index contributed by atoms with van der Waals surface area (Å²) >= 11 is 8.08. The summed E-state index contributed by atoms with van der Waals surface area (Å²) in [6.07, 6.45) is 10.0. The van der Waals surface area contributed by atoms with Crippen LogP contribution < -0.4 is 16.0 Å². The Hall–Kier alpha value is -0.310. The highest BCUT2D eigenvalue weighted by Gasteiger charge is 2.41. The van der Waals surface area contributed by atoms with E-state index in [4.69, 9.17) is 16.3 Å². The summed E-state index contributed by atoms with van der Waals surface area (Å²) in [5.74, 6) is 0.565. The van der Waals surface area contributed by atoms with E-state index in [9.17, 15) is 4.79 Å². The van der Waals surface area contributed by atoms with E-state index in [1.807, 2.05) is 0 Å². The van der Waals surface area contributed by atoms with Crippen LogP contribution in [0.4, 0.5) is 0 Å². The van der Waals surface area contributed by atoms with Crippen molar-refractivity contribution in [1.82, 2.24) is 20.9 Å². The predicted octanol–water partition coefficient (Wildman–Crippen LogP) is 3.17. The Morgan fingerprint density at radius 3 is 2.48 bits per heavy atom. The molecule has 2 aliphatic carbocycles. The number of hydrogen-bond acceptors (Lipinski definition) is 6. The third kappa shape index (κ3) is 6.39. The number of carbonyl (C=O) groups excluding carboxylic acids is 1. The summed E-state index contributed by atoms with van der Waals surface area (Å²) in [6.45, 7) is 6.77. The Morgan fingerprint density at radius 1 is 1.10 bits per heavy atom. The highest BCUT2D eigenvalue weighted by molar-refractivity contribution is 8.00. The van der Waals surface area contributed by atoms with Gasteiger partial charge in [0.15, 0.2) is 0 Å². The molecule has 0 spiro atoms. The summed E-state index contributed by atoms with van der Waals surface area (Å²) in [5, 5.41) is 12.1. The van der Waals surface area contributed by atoms with Gasteiger partial charge in [0.05, 0.1) is 29.5 Å². The number of halogens is 1. The maximum atomic E-state index is 12.6. The fraction of sp³-hybridized carbons (Fsp3) is 0.870. The van der Waals surface area contributed by atoms with Crippen molar-refractivity contribution in [3.8, 4) is 0 Å². The number of hydrogen-bond donors (Lipinski definition) is 3. The van der Waals surface area contributed by atoms with Crippen LogP contribution in [-0.2, 0) is 9.53 Å². The molecule has 0 aromatic rings. The molecule has 176 valence electrons. The number of nitrogens with zero attached hydrogens (tertiary/aromatic N) is 1. The average molecular weight is 471 g/mol. The van der Waals surface area contributed by atoms with Gasteiger partial charge in [-0.3, -0.25) is 20.3 Å². The SMILES string of the molecule is CC1CN(C2NC3CCCCC3NC2SCC(=O)NCC2=C(Cl)CCCC2)CC(C)O1. The van der Waals surface area contributed by atoms with Crippen LogP contribution in [0.3, 0.4) is 0 Å². The Balaban J connectivity index is 1.34. The maximum absolute atomic E-state index is 12.6. The van der Waals surface area contributed by atoms with E-state index >= 15 is 0 Å². The number of morpholine rings is 1. The number of piperazine rings is 1. The number of thioether (sulfide) groups is 1. The number of rotatable bonds is 6. The van der Waals surface area contributed by atoms with Gasteiger partial charge in [-0.2, -0.15) is 0 Å². The number of carbonyl (C=O) groups is 1. The Morgan fingerprint density at radius 2 is 1.77 bits per heavy atom. The maximum Gasteiger partial charge on any atom is 0.230 e. The first-order valence-corrected chi connectivity index (χ1v) is 13.6. The van der Waals surface area contributed by atoms with E-state index in [0.29, 0.717) is 24.4 Å². The van der Waals surface area contributed by atoms with Crippen LogP contribution in [0.5, 0.6) is 0 Å². The molecule has 0 aromatic carbocycles. The van der Waals surface area contributed by atoms with E-state index in [-0.39, 0.29) is 29.7 Å². The van der Waals surface area contributed by atoms with E-state index in [1.54, 1.807) is 11.8 Å². The quantitative estimate of drug-likeness (QED) is 0.554. The van der Waals surface area contributed by atoms with Crippen LogP contribution in [0.1, 0.15) is 65.2 Å². The van der Waals surface area contributed by atoms with Crippen molar-refractivity contribution in [1.29, 1.82) is 0 Å². The molecule has 2 aliphatic heterocycles. The molecule has 0 radical (unpaired) electrons. The van der Waals surface area contributed by atoms with Crippen molar-refractivity contribution in [2.45, 2.75) is 101 Å². The van der Waals surface area contributed by atoms with Crippen molar-refractivity contribution in [3.63, 3.8) is 0 Å². The minimum atomic E-state index is 0.0996. The molecule has 31 heavy (non-hydrogen) atoms. The molecule has 6 nitrogen and oxygen atoms in total. The van der Waals surface area contributed by atoms with E-state index in [1.165, 1.54) is 37.7 Å². The van der Waals surface area contributed by atoms with Crippen LogP contribution in [0.25, 0.3) is 0 Å². The number of allylic oxidation sites excluding steroid dienone is 1. The number of nitrogens with one attached hydrogen (secondary N) is 3. The Labute approximate surface area is 196 Å². The lowest BCUT2D eigenvalue weighted by Gasteiger charge is -2.51. The van der Waals surface area contributed by atoms with Crippen LogP contribution in [-0.4, -0.2) is 72.0 Å². The molecule has 3 N–H and O–H groups in total. The second kappa shape index (κ2) is 11.2. The van der Waals surface area contributed by atoms with Crippen LogP contribution >= 0.6 is 23.4 Å². The summed E-state index contributed by atoms with van der Waals surface area (Å²) in [5.41, 5.74) is 1.21. The summed E-state index contributed by atoms with van der Waals surface area (Å²) < 4.78 is 5.97. The van der Waals surface area contributed by atoms with Crippen molar-refractivity contribution >= 4 is 29.3 Å². The van der Waals surface area contributed by atoms with Gasteiger partial charge >= 0.3 is 0 Å². The monoisotopic (exact) mass is 470 g/mol. The average Bonchev–Trinajstić information content (AvgIpc) is 2.76. The zero-order chi connectivity index (χ0) is 21.8. The Bertz CT molecular complexity index is 653. The minimum absolute atomic E-state index is 0.0996. The van der Waals surface area contributed by atoms with E-state index in [0.717, 1.165) is 37.4 Å². The molecule has 6 unspecified atom stereocenters. The van der Waals surface area contributed by atoms with Gasteiger partial charge < -0.3 is 10.1 Å². The molecule has 1 saturated carbocycles. The summed E-state index contributed by atoms with van der Waals surface area (Å²) in [4.78, 5) is 15.2. The van der Waals surface area contributed by atoms with E-state index < -0.39 is 0 Å². The number of ether oxygens (including phenoxy) is 1. The largest absolute Gasteiger partial charge is 0.373 e. The molecule has 2 saturated heterocycles. The van der Waals surface area contributed by atoms with Crippen LogP contribution in [0.15, 0.2) is 10.6 Å². The first-order chi connectivity index (χ1) is 15.0. The molecule has 6 atom stereocenters. The topological polar surface area (TPSA) is 65.6 Å². The normalized spacial score (nSPS) is 37.4. The smallest absolute Gasteiger partial charge is 0.230 e.